The molecule has 2 unspecified atom stereocenters. The summed E-state index contributed by atoms with van der Waals surface area (Å²) in [5.41, 5.74) is 0.220. The Morgan fingerprint density at radius 2 is 2.11 bits per heavy atom. The Bertz CT molecular complexity index is 627. The van der Waals surface area contributed by atoms with Crippen molar-refractivity contribution in [2.45, 2.75) is 65.1 Å². The molecule has 0 bridgehead atoms. The van der Waals surface area contributed by atoms with Gasteiger partial charge in [-0.25, -0.2) is 4.79 Å². The summed E-state index contributed by atoms with van der Waals surface area (Å²) in [6.45, 7) is 8.42. The minimum atomic E-state index is -0.807. The van der Waals surface area contributed by atoms with Crippen LogP contribution < -0.4 is 0 Å². The summed E-state index contributed by atoms with van der Waals surface area (Å²) in [6.07, 6.45) is 9.34. The highest BCUT2D eigenvalue weighted by molar-refractivity contribution is 5.76. The van der Waals surface area contributed by atoms with Gasteiger partial charge in [0.05, 0.1) is 13.2 Å². The van der Waals surface area contributed by atoms with Crippen LogP contribution in [-0.2, 0) is 19.1 Å². The lowest BCUT2D eigenvalue weighted by Crippen LogP contribution is -2.46. The minimum Gasteiger partial charge on any atom is -0.459 e. The molecule has 0 saturated carbocycles. The molecule has 2 atom stereocenters. The van der Waals surface area contributed by atoms with E-state index in [4.69, 9.17) is 9.47 Å². The molecule has 0 fully saturated rings. The SMILES string of the molecule is CC(=O)CCCOC1(C)CN(C(C(=O)OCC2=CCCC=C2)C(C)C)N=N1. The van der Waals surface area contributed by atoms with Crippen molar-refractivity contribution in [3.8, 4) is 0 Å². The molecule has 1 aliphatic carbocycles. The third-order valence-corrected chi connectivity index (χ3v) is 4.56. The van der Waals surface area contributed by atoms with Gasteiger partial charge in [-0.15, -0.1) is 5.11 Å². The van der Waals surface area contributed by atoms with Gasteiger partial charge in [-0.2, -0.15) is 0 Å². The van der Waals surface area contributed by atoms with Crippen LogP contribution in [0.1, 0.15) is 53.4 Å². The molecule has 1 heterocycles. The monoisotopic (exact) mass is 377 g/mol. The van der Waals surface area contributed by atoms with Gasteiger partial charge in [-0.05, 0) is 44.6 Å². The molecule has 0 radical (unpaired) electrons. The number of Topliss-reactive ketones (excluding diaryl/α,β-unsaturated/α-hetero) is 1. The van der Waals surface area contributed by atoms with Gasteiger partial charge in [-0.3, -0.25) is 5.01 Å². The fourth-order valence-electron chi connectivity index (χ4n) is 3.11. The first kappa shape index (κ1) is 21.3. The highest BCUT2D eigenvalue weighted by atomic mass is 16.5. The van der Waals surface area contributed by atoms with Gasteiger partial charge in [0, 0.05) is 6.42 Å². The summed E-state index contributed by atoms with van der Waals surface area (Å²) >= 11 is 0. The number of carbonyl (C=O) groups excluding carboxylic acids is 2. The summed E-state index contributed by atoms with van der Waals surface area (Å²) in [7, 11) is 0. The zero-order valence-electron chi connectivity index (χ0n) is 16.8. The van der Waals surface area contributed by atoms with Crippen molar-refractivity contribution in [2.24, 2.45) is 16.3 Å². The number of rotatable bonds is 10. The summed E-state index contributed by atoms with van der Waals surface area (Å²) in [5, 5.41) is 10.0. The van der Waals surface area contributed by atoms with Gasteiger partial charge in [0.25, 0.3) is 0 Å². The van der Waals surface area contributed by atoms with E-state index in [1.807, 2.05) is 26.8 Å². The summed E-state index contributed by atoms with van der Waals surface area (Å²) in [6, 6.07) is -0.510. The minimum absolute atomic E-state index is 0.0207. The van der Waals surface area contributed by atoms with E-state index in [0.717, 1.165) is 18.4 Å². The van der Waals surface area contributed by atoms with Crippen molar-refractivity contribution < 1.29 is 19.1 Å². The molecule has 0 spiro atoms. The Labute approximate surface area is 161 Å². The lowest BCUT2D eigenvalue weighted by Gasteiger charge is -2.29. The molecule has 0 aromatic heterocycles. The maximum absolute atomic E-state index is 12.7. The van der Waals surface area contributed by atoms with Crippen LogP contribution in [-0.4, -0.2) is 48.3 Å². The van der Waals surface area contributed by atoms with Crippen molar-refractivity contribution in [3.63, 3.8) is 0 Å². The molecule has 2 rings (SSSR count). The molecule has 0 N–H and O–H groups in total. The molecule has 0 aromatic carbocycles. The first-order valence-electron chi connectivity index (χ1n) is 9.66. The topological polar surface area (TPSA) is 80.6 Å². The van der Waals surface area contributed by atoms with Gasteiger partial charge in [-0.1, -0.05) is 37.3 Å². The Morgan fingerprint density at radius 1 is 1.33 bits per heavy atom. The molecule has 150 valence electrons. The number of nitrogens with zero attached hydrogens (tertiary/aromatic N) is 3. The average molecular weight is 377 g/mol. The van der Waals surface area contributed by atoms with Crippen LogP contribution >= 0.6 is 0 Å². The first-order chi connectivity index (χ1) is 12.8. The second kappa shape index (κ2) is 9.78. The zero-order chi connectivity index (χ0) is 19.9. The van der Waals surface area contributed by atoms with Crippen LogP contribution in [0.2, 0.25) is 0 Å². The van der Waals surface area contributed by atoms with Gasteiger partial charge < -0.3 is 14.3 Å². The third kappa shape index (κ3) is 6.57. The molecular weight excluding hydrogens is 346 g/mol. The Balaban J connectivity index is 1.88. The largest absolute Gasteiger partial charge is 0.459 e. The molecular formula is C20H31N3O4. The summed E-state index contributed by atoms with van der Waals surface area (Å²) < 4.78 is 11.3. The molecule has 0 amide bonds. The van der Waals surface area contributed by atoms with Crippen LogP contribution in [0.3, 0.4) is 0 Å². The molecule has 7 nitrogen and oxygen atoms in total. The number of carbonyl (C=O) groups is 2. The van der Waals surface area contributed by atoms with Gasteiger partial charge >= 0.3 is 5.97 Å². The van der Waals surface area contributed by atoms with Crippen LogP contribution in [0.25, 0.3) is 0 Å². The smallest absolute Gasteiger partial charge is 0.331 e. The number of ether oxygens (including phenoxy) is 2. The van der Waals surface area contributed by atoms with Crippen LogP contribution in [0.15, 0.2) is 34.1 Å². The lowest BCUT2D eigenvalue weighted by molar-refractivity contribution is -0.151. The average Bonchev–Trinajstić information content (AvgIpc) is 2.99. The van der Waals surface area contributed by atoms with E-state index >= 15 is 0 Å². The number of ketones is 1. The van der Waals surface area contributed by atoms with Crippen LogP contribution in [0, 0.1) is 5.92 Å². The zero-order valence-corrected chi connectivity index (χ0v) is 16.8. The van der Waals surface area contributed by atoms with E-state index in [0.29, 0.717) is 26.0 Å². The van der Waals surface area contributed by atoms with Crippen LogP contribution in [0.5, 0.6) is 0 Å². The first-order valence-corrected chi connectivity index (χ1v) is 9.66. The maximum atomic E-state index is 12.7. The molecule has 0 aromatic rings. The molecule has 1 aliphatic heterocycles. The predicted molar refractivity (Wildman–Crippen MR) is 102 cm³/mol. The normalized spacial score (nSPS) is 22.9. The lowest BCUT2D eigenvalue weighted by atomic mass is 10.0. The Hall–Kier alpha value is -2.02. The van der Waals surface area contributed by atoms with Crippen molar-refractivity contribution >= 4 is 11.8 Å². The number of allylic oxidation sites excluding steroid dienone is 2. The third-order valence-electron chi connectivity index (χ3n) is 4.56. The van der Waals surface area contributed by atoms with E-state index in [1.165, 1.54) is 0 Å². The highest BCUT2D eigenvalue weighted by Crippen LogP contribution is 2.27. The van der Waals surface area contributed by atoms with Crippen molar-refractivity contribution in [3.05, 3.63) is 23.8 Å². The molecule has 27 heavy (non-hydrogen) atoms. The summed E-state index contributed by atoms with van der Waals surface area (Å²) in [4.78, 5) is 23.7. The standard InChI is InChI=1S/C20H31N3O4/c1-15(2)18(19(25)26-13-17-10-6-5-7-11-17)23-14-20(4,21-22-23)27-12-8-9-16(3)24/h6,10-11,15,18H,5,7-9,12-14H2,1-4H3. The fraction of sp³-hybridized carbons (Fsp3) is 0.700. The van der Waals surface area contributed by atoms with E-state index in [2.05, 4.69) is 22.5 Å². The number of hydrogen-bond donors (Lipinski definition) is 0. The fourth-order valence-corrected chi connectivity index (χ4v) is 3.11. The van der Waals surface area contributed by atoms with Crippen molar-refractivity contribution in [2.75, 3.05) is 19.8 Å². The quantitative estimate of drug-likeness (QED) is 0.429. The van der Waals surface area contributed by atoms with Crippen molar-refractivity contribution in [1.82, 2.24) is 5.01 Å². The predicted octanol–water partition coefficient (Wildman–Crippen LogP) is 3.62. The van der Waals surface area contributed by atoms with Gasteiger partial charge in [0.1, 0.15) is 18.4 Å². The Morgan fingerprint density at radius 3 is 2.74 bits per heavy atom. The molecule has 0 saturated heterocycles. The van der Waals surface area contributed by atoms with E-state index in [-0.39, 0.29) is 24.3 Å². The van der Waals surface area contributed by atoms with E-state index in [1.54, 1.807) is 11.9 Å². The molecule has 2 aliphatic rings. The number of hydrogen-bond acceptors (Lipinski definition) is 7. The van der Waals surface area contributed by atoms with Gasteiger partial charge in [0.2, 0.25) is 0 Å². The Kier molecular flexibility index (Phi) is 7.71. The maximum Gasteiger partial charge on any atom is 0.331 e. The second-order valence-electron chi connectivity index (χ2n) is 7.67. The van der Waals surface area contributed by atoms with E-state index in [9.17, 15) is 9.59 Å². The summed E-state index contributed by atoms with van der Waals surface area (Å²) in [5.74, 6) is -0.138. The van der Waals surface area contributed by atoms with E-state index < -0.39 is 11.8 Å². The van der Waals surface area contributed by atoms with Gasteiger partial charge in [0.15, 0.2) is 5.72 Å². The molecule has 7 heteroatoms. The van der Waals surface area contributed by atoms with Crippen LogP contribution in [0.4, 0.5) is 0 Å². The number of esters is 1. The second-order valence-corrected chi connectivity index (χ2v) is 7.67. The highest BCUT2D eigenvalue weighted by Gasteiger charge is 2.40. The van der Waals surface area contributed by atoms with Crippen molar-refractivity contribution in [1.29, 1.82) is 0 Å².